The van der Waals surface area contributed by atoms with Gasteiger partial charge in [0.2, 0.25) is 5.91 Å². The zero-order valence-electron chi connectivity index (χ0n) is 17.1. The molecule has 2 rings (SSSR count). The van der Waals surface area contributed by atoms with Crippen LogP contribution in [0.2, 0.25) is 0 Å². The van der Waals surface area contributed by atoms with Gasteiger partial charge in [-0.15, -0.1) is 0 Å². The molecule has 29 heavy (non-hydrogen) atoms. The van der Waals surface area contributed by atoms with E-state index in [1.165, 1.54) is 6.92 Å². The SMILES string of the molecule is COCCOc1cc(NC(=O)NC(C)c2cccc(NC(C)=O)c2)ccc1OC. The van der Waals surface area contributed by atoms with Crippen molar-refractivity contribution in [3.05, 3.63) is 48.0 Å². The van der Waals surface area contributed by atoms with Crippen LogP contribution in [0, 0.1) is 0 Å². The summed E-state index contributed by atoms with van der Waals surface area (Å²) < 4.78 is 15.9. The van der Waals surface area contributed by atoms with E-state index in [-0.39, 0.29) is 18.0 Å². The van der Waals surface area contributed by atoms with Crippen molar-refractivity contribution in [2.24, 2.45) is 0 Å². The van der Waals surface area contributed by atoms with Gasteiger partial charge in [0.05, 0.1) is 19.8 Å². The first-order valence-corrected chi connectivity index (χ1v) is 9.17. The molecule has 8 nitrogen and oxygen atoms in total. The van der Waals surface area contributed by atoms with Crippen molar-refractivity contribution in [1.82, 2.24) is 5.32 Å². The molecule has 156 valence electrons. The fourth-order valence-corrected chi connectivity index (χ4v) is 2.64. The van der Waals surface area contributed by atoms with E-state index in [9.17, 15) is 9.59 Å². The molecule has 0 bridgehead atoms. The molecule has 0 fully saturated rings. The Bertz CT molecular complexity index is 841. The van der Waals surface area contributed by atoms with Gasteiger partial charge in [-0.25, -0.2) is 4.79 Å². The number of carbonyl (C=O) groups is 2. The van der Waals surface area contributed by atoms with Gasteiger partial charge in [-0.05, 0) is 36.8 Å². The van der Waals surface area contributed by atoms with Crippen LogP contribution in [0.1, 0.15) is 25.5 Å². The Morgan fingerprint density at radius 1 is 0.966 bits per heavy atom. The average Bonchev–Trinajstić information content (AvgIpc) is 2.68. The van der Waals surface area contributed by atoms with Gasteiger partial charge in [-0.1, -0.05) is 12.1 Å². The van der Waals surface area contributed by atoms with Gasteiger partial charge in [0.25, 0.3) is 0 Å². The number of ether oxygens (including phenoxy) is 3. The minimum atomic E-state index is -0.365. The van der Waals surface area contributed by atoms with Gasteiger partial charge in [0, 0.05) is 31.5 Å². The predicted octanol–water partition coefficient (Wildman–Crippen LogP) is 3.56. The maximum atomic E-state index is 12.4. The van der Waals surface area contributed by atoms with Gasteiger partial charge in [0.1, 0.15) is 6.61 Å². The first-order chi connectivity index (χ1) is 13.9. The molecule has 0 heterocycles. The number of benzene rings is 2. The zero-order valence-corrected chi connectivity index (χ0v) is 17.1. The predicted molar refractivity (Wildman–Crippen MR) is 112 cm³/mol. The number of hydrogen-bond acceptors (Lipinski definition) is 5. The van der Waals surface area contributed by atoms with Crippen molar-refractivity contribution in [2.45, 2.75) is 19.9 Å². The number of nitrogens with one attached hydrogen (secondary N) is 3. The van der Waals surface area contributed by atoms with E-state index in [1.54, 1.807) is 38.5 Å². The lowest BCUT2D eigenvalue weighted by Gasteiger charge is -2.17. The molecule has 0 aliphatic carbocycles. The molecule has 0 radical (unpaired) electrons. The summed E-state index contributed by atoms with van der Waals surface area (Å²) in [5.41, 5.74) is 2.11. The van der Waals surface area contributed by atoms with Crippen LogP contribution < -0.4 is 25.4 Å². The first kappa shape index (κ1) is 22.0. The summed E-state index contributed by atoms with van der Waals surface area (Å²) in [6.45, 7) is 4.12. The molecule has 8 heteroatoms. The van der Waals surface area contributed by atoms with Crippen LogP contribution in [-0.4, -0.2) is 39.4 Å². The summed E-state index contributed by atoms with van der Waals surface area (Å²) in [5.74, 6) is 0.928. The van der Waals surface area contributed by atoms with E-state index in [1.807, 2.05) is 25.1 Å². The lowest BCUT2D eigenvalue weighted by atomic mass is 10.1. The number of hydrogen-bond donors (Lipinski definition) is 3. The largest absolute Gasteiger partial charge is 0.493 e. The molecule has 2 aromatic rings. The summed E-state index contributed by atoms with van der Waals surface area (Å²) in [7, 11) is 3.14. The van der Waals surface area contributed by atoms with E-state index < -0.39 is 0 Å². The van der Waals surface area contributed by atoms with Gasteiger partial charge < -0.3 is 30.2 Å². The molecule has 0 saturated heterocycles. The van der Waals surface area contributed by atoms with Crippen molar-refractivity contribution in [3.8, 4) is 11.5 Å². The minimum Gasteiger partial charge on any atom is -0.493 e. The highest BCUT2D eigenvalue weighted by Crippen LogP contribution is 2.30. The van der Waals surface area contributed by atoms with Crippen LogP contribution >= 0.6 is 0 Å². The minimum absolute atomic E-state index is 0.150. The average molecular weight is 401 g/mol. The normalized spacial score (nSPS) is 11.3. The van der Waals surface area contributed by atoms with E-state index in [0.29, 0.717) is 36.1 Å². The van der Waals surface area contributed by atoms with Gasteiger partial charge in [-0.3, -0.25) is 4.79 Å². The second kappa shape index (κ2) is 10.9. The monoisotopic (exact) mass is 401 g/mol. The highest BCUT2D eigenvalue weighted by molar-refractivity contribution is 5.90. The molecule has 1 atom stereocenters. The van der Waals surface area contributed by atoms with Crippen LogP contribution in [0.3, 0.4) is 0 Å². The van der Waals surface area contributed by atoms with Crippen molar-refractivity contribution in [1.29, 1.82) is 0 Å². The lowest BCUT2D eigenvalue weighted by Crippen LogP contribution is -2.31. The Kier molecular flexibility index (Phi) is 8.29. The Morgan fingerprint density at radius 3 is 2.41 bits per heavy atom. The summed E-state index contributed by atoms with van der Waals surface area (Å²) in [5, 5.41) is 8.38. The maximum absolute atomic E-state index is 12.4. The van der Waals surface area contributed by atoms with Crippen LogP contribution in [0.4, 0.5) is 16.2 Å². The third-order valence-corrected chi connectivity index (χ3v) is 4.02. The second-order valence-electron chi connectivity index (χ2n) is 6.33. The summed E-state index contributed by atoms with van der Waals surface area (Å²) in [6, 6.07) is 11.8. The molecule has 0 spiro atoms. The summed E-state index contributed by atoms with van der Waals surface area (Å²) in [4.78, 5) is 23.6. The van der Waals surface area contributed by atoms with E-state index in [0.717, 1.165) is 5.56 Å². The second-order valence-corrected chi connectivity index (χ2v) is 6.33. The Balaban J connectivity index is 2.01. The fraction of sp³-hybridized carbons (Fsp3) is 0.333. The molecule has 0 aliphatic rings. The number of urea groups is 1. The molecular weight excluding hydrogens is 374 g/mol. The third-order valence-electron chi connectivity index (χ3n) is 4.02. The number of carbonyl (C=O) groups excluding carboxylic acids is 2. The number of anilines is 2. The summed E-state index contributed by atoms with van der Waals surface area (Å²) in [6.07, 6.45) is 0. The zero-order chi connectivity index (χ0) is 21.2. The third kappa shape index (κ3) is 7.00. The van der Waals surface area contributed by atoms with E-state index >= 15 is 0 Å². The fourth-order valence-electron chi connectivity index (χ4n) is 2.64. The lowest BCUT2D eigenvalue weighted by molar-refractivity contribution is -0.114. The van der Waals surface area contributed by atoms with Crippen LogP contribution in [0.25, 0.3) is 0 Å². The quantitative estimate of drug-likeness (QED) is 0.558. The molecule has 0 aromatic heterocycles. The highest BCUT2D eigenvalue weighted by atomic mass is 16.5. The van der Waals surface area contributed by atoms with Crippen molar-refractivity contribution in [3.63, 3.8) is 0 Å². The number of methoxy groups -OCH3 is 2. The topological polar surface area (TPSA) is 97.9 Å². The smallest absolute Gasteiger partial charge is 0.319 e. The molecule has 0 aliphatic heterocycles. The Labute approximate surface area is 170 Å². The molecular formula is C21H27N3O5. The maximum Gasteiger partial charge on any atom is 0.319 e. The van der Waals surface area contributed by atoms with Gasteiger partial charge in [0.15, 0.2) is 11.5 Å². The van der Waals surface area contributed by atoms with Crippen molar-refractivity contribution in [2.75, 3.05) is 38.1 Å². The van der Waals surface area contributed by atoms with Gasteiger partial charge >= 0.3 is 6.03 Å². The number of amides is 3. The van der Waals surface area contributed by atoms with E-state index in [4.69, 9.17) is 14.2 Å². The number of rotatable bonds is 9. The molecule has 2 aromatic carbocycles. The van der Waals surface area contributed by atoms with Crippen molar-refractivity contribution < 1.29 is 23.8 Å². The van der Waals surface area contributed by atoms with Crippen molar-refractivity contribution >= 4 is 23.3 Å². The van der Waals surface area contributed by atoms with Gasteiger partial charge in [-0.2, -0.15) is 0 Å². The van der Waals surface area contributed by atoms with Crippen LogP contribution in [0.5, 0.6) is 11.5 Å². The standard InChI is InChI=1S/C21H27N3O5/c1-14(16-6-5-7-17(12-16)23-15(2)25)22-21(26)24-18-8-9-19(28-4)20(13-18)29-11-10-27-3/h5-9,12-14H,10-11H2,1-4H3,(H,23,25)(H2,22,24,26). The molecule has 0 saturated carbocycles. The molecule has 3 N–H and O–H groups in total. The Hall–Kier alpha value is -3.26. The van der Waals surface area contributed by atoms with Crippen LogP contribution in [0.15, 0.2) is 42.5 Å². The van der Waals surface area contributed by atoms with E-state index in [2.05, 4.69) is 16.0 Å². The Morgan fingerprint density at radius 2 is 1.72 bits per heavy atom. The molecule has 1 unspecified atom stereocenters. The highest BCUT2D eigenvalue weighted by Gasteiger charge is 2.12. The molecule has 3 amide bonds. The van der Waals surface area contributed by atoms with Crippen LogP contribution in [-0.2, 0) is 9.53 Å². The first-order valence-electron chi connectivity index (χ1n) is 9.17. The summed E-state index contributed by atoms with van der Waals surface area (Å²) >= 11 is 0.